The lowest BCUT2D eigenvalue weighted by atomic mass is 10.1. The van der Waals surface area contributed by atoms with Gasteiger partial charge in [0.2, 0.25) is 11.7 Å². The Morgan fingerprint density at radius 2 is 1.68 bits per heavy atom. The smallest absolute Gasteiger partial charge is 0.233 e. The van der Waals surface area contributed by atoms with Crippen molar-refractivity contribution in [1.29, 1.82) is 0 Å². The molecule has 0 atom stereocenters. The van der Waals surface area contributed by atoms with E-state index in [4.69, 9.17) is 14.2 Å². The van der Waals surface area contributed by atoms with Crippen molar-refractivity contribution in [2.24, 2.45) is 0 Å². The van der Waals surface area contributed by atoms with E-state index in [0.29, 0.717) is 24.7 Å². The van der Waals surface area contributed by atoms with Crippen LogP contribution < -0.4 is 4.74 Å². The maximum absolute atomic E-state index is 5.46. The molecule has 0 unspecified atom stereocenters. The third-order valence-electron chi connectivity index (χ3n) is 4.40. The van der Waals surface area contributed by atoms with E-state index in [1.54, 1.807) is 11.3 Å². The third-order valence-corrected chi connectivity index (χ3v) is 5.25. The average Bonchev–Trinajstić information content (AvgIpc) is 3.39. The summed E-state index contributed by atoms with van der Waals surface area (Å²) in [5, 5.41) is 7.12. The minimum Gasteiger partial charge on any atom is -0.494 e. The Bertz CT molecular complexity index is 1040. The Morgan fingerprint density at radius 1 is 0.929 bits per heavy atom. The fourth-order valence-electron chi connectivity index (χ4n) is 2.88. The average molecular weight is 391 g/mol. The second-order valence-corrected chi connectivity index (χ2v) is 7.27. The first-order valence-corrected chi connectivity index (χ1v) is 10.2. The summed E-state index contributed by atoms with van der Waals surface area (Å²) in [7, 11) is 0. The zero-order chi connectivity index (χ0) is 19.3. The van der Waals surface area contributed by atoms with Crippen molar-refractivity contribution in [3.8, 4) is 28.4 Å². The van der Waals surface area contributed by atoms with Crippen LogP contribution in [-0.4, -0.2) is 21.7 Å². The van der Waals surface area contributed by atoms with Gasteiger partial charge in [0.25, 0.3) is 0 Å². The Hall–Kier alpha value is -2.99. The van der Waals surface area contributed by atoms with Crippen molar-refractivity contribution in [3.63, 3.8) is 0 Å². The molecule has 0 aliphatic heterocycles. The molecule has 28 heavy (non-hydrogen) atoms. The van der Waals surface area contributed by atoms with Gasteiger partial charge >= 0.3 is 0 Å². The molecule has 5 nitrogen and oxygen atoms in total. The highest BCUT2D eigenvalue weighted by atomic mass is 32.1. The summed E-state index contributed by atoms with van der Waals surface area (Å²) in [5.74, 6) is 1.97. The molecule has 0 N–H and O–H groups in total. The van der Waals surface area contributed by atoms with Gasteiger partial charge in [0.15, 0.2) is 0 Å². The first kappa shape index (κ1) is 18.4. The van der Waals surface area contributed by atoms with Crippen LogP contribution in [-0.2, 0) is 12.8 Å². The zero-order valence-corrected chi connectivity index (χ0v) is 16.7. The van der Waals surface area contributed by atoms with E-state index in [0.717, 1.165) is 34.0 Å². The molecule has 4 rings (SSSR count). The van der Waals surface area contributed by atoms with E-state index in [1.807, 2.05) is 31.2 Å². The van der Waals surface area contributed by atoms with Gasteiger partial charge in [-0.3, -0.25) is 0 Å². The summed E-state index contributed by atoms with van der Waals surface area (Å²) < 4.78 is 10.9. The summed E-state index contributed by atoms with van der Waals surface area (Å²) >= 11 is 1.61. The van der Waals surface area contributed by atoms with Crippen LogP contribution in [0.1, 0.15) is 30.3 Å². The predicted octanol–water partition coefficient (Wildman–Crippen LogP) is 5.41. The molecule has 0 bridgehead atoms. The monoisotopic (exact) mass is 391 g/mol. The molecule has 6 heteroatoms. The van der Waals surface area contributed by atoms with Crippen LogP contribution in [0.5, 0.6) is 5.75 Å². The van der Waals surface area contributed by atoms with E-state index in [9.17, 15) is 0 Å². The second-order valence-electron chi connectivity index (χ2n) is 6.32. The first-order valence-electron chi connectivity index (χ1n) is 9.34. The summed E-state index contributed by atoms with van der Waals surface area (Å²) in [6.07, 6.45) is 1.57. The van der Waals surface area contributed by atoms with Crippen molar-refractivity contribution in [1.82, 2.24) is 15.1 Å². The minimum atomic E-state index is 0.530. The number of ether oxygens (including phenoxy) is 1. The lowest BCUT2D eigenvalue weighted by Crippen LogP contribution is -1.91. The number of hydrogen-bond acceptors (Lipinski definition) is 6. The van der Waals surface area contributed by atoms with Gasteiger partial charge in [0.1, 0.15) is 10.8 Å². The Morgan fingerprint density at radius 3 is 2.39 bits per heavy atom. The molecular weight excluding hydrogens is 370 g/mol. The van der Waals surface area contributed by atoms with Gasteiger partial charge in [-0.25, -0.2) is 4.98 Å². The fourth-order valence-corrected chi connectivity index (χ4v) is 3.67. The topological polar surface area (TPSA) is 61.0 Å². The molecule has 0 aliphatic carbocycles. The van der Waals surface area contributed by atoms with Crippen LogP contribution in [0.25, 0.3) is 22.6 Å². The van der Waals surface area contributed by atoms with Gasteiger partial charge in [-0.1, -0.05) is 36.3 Å². The zero-order valence-electron chi connectivity index (χ0n) is 15.9. The van der Waals surface area contributed by atoms with Gasteiger partial charge in [0, 0.05) is 16.5 Å². The lowest BCUT2D eigenvalue weighted by Gasteiger charge is -2.02. The molecule has 2 aromatic heterocycles. The molecule has 0 saturated carbocycles. The van der Waals surface area contributed by atoms with E-state index in [2.05, 4.69) is 46.7 Å². The molecule has 4 aromatic rings. The summed E-state index contributed by atoms with van der Waals surface area (Å²) in [5.41, 5.74) is 4.33. The van der Waals surface area contributed by atoms with Crippen LogP contribution in [0.4, 0.5) is 0 Å². The standard InChI is InChI=1S/C22H21N3O2S/c1-3-15-5-7-16(8-6-15)19-14-28-21(23-19)13-20-24-22(25-27-20)17-9-11-18(12-10-17)26-4-2/h5-12,14H,3-4,13H2,1-2H3. The highest BCUT2D eigenvalue weighted by molar-refractivity contribution is 7.10. The maximum atomic E-state index is 5.46. The summed E-state index contributed by atoms with van der Waals surface area (Å²) in [6.45, 7) is 4.76. The molecule has 0 saturated heterocycles. The van der Waals surface area contributed by atoms with Gasteiger partial charge in [0.05, 0.1) is 18.7 Å². The number of thiazole rings is 1. The number of aromatic nitrogens is 3. The number of hydrogen-bond donors (Lipinski definition) is 0. The van der Waals surface area contributed by atoms with E-state index in [1.165, 1.54) is 5.56 Å². The summed E-state index contributed by atoms with van der Waals surface area (Å²) in [6, 6.07) is 16.2. The maximum Gasteiger partial charge on any atom is 0.233 e. The summed E-state index contributed by atoms with van der Waals surface area (Å²) in [4.78, 5) is 9.22. The van der Waals surface area contributed by atoms with E-state index >= 15 is 0 Å². The first-order chi connectivity index (χ1) is 13.7. The van der Waals surface area contributed by atoms with Crippen molar-refractivity contribution in [2.45, 2.75) is 26.7 Å². The highest BCUT2D eigenvalue weighted by Crippen LogP contribution is 2.25. The van der Waals surface area contributed by atoms with Gasteiger partial charge in [-0.05, 0) is 43.2 Å². The SMILES string of the molecule is CCOc1ccc(-c2noc(Cc3nc(-c4ccc(CC)cc4)cs3)n2)cc1. The van der Waals surface area contributed by atoms with Gasteiger partial charge < -0.3 is 9.26 Å². The molecule has 0 radical (unpaired) electrons. The predicted molar refractivity (Wildman–Crippen MR) is 111 cm³/mol. The van der Waals surface area contributed by atoms with Crippen LogP contribution >= 0.6 is 11.3 Å². The second kappa shape index (κ2) is 8.35. The van der Waals surface area contributed by atoms with Gasteiger partial charge in [-0.2, -0.15) is 4.98 Å². The van der Waals surface area contributed by atoms with E-state index < -0.39 is 0 Å². The number of rotatable bonds is 7. The molecule has 0 spiro atoms. The largest absolute Gasteiger partial charge is 0.494 e. The number of nitrogens with zero attached hydrogens (tertiary/aromatic N) is 3. The Kier molecular flexibility index (Phi) is 5.48. The number of benzene rings is 2. The third kappa shape index (κ3) is 4.12. The van der Waals surface area contributed by atoms with Crippen LogP contribution in [0, 0.1) is 0 Å². The van der Waals surface area contributed by atoms with Gasteiger partial charge in [-0.15, -0.1) is 11.3 Å². The molecule has 0 aliphatic rings. The van der Waals surface area contributed by atoms with Crippen LogP contribution in [0.2, 0.25) is 0 Å². The lowest BCUT2D eigenvalue weighted by molar-refractivity contribution is 0.340. The van der Waals surface area contributed by atoms with Crippen molar-refractivity contribution in [3.05, 3.63) is 70.4 Å². The molecular formula is C22H21N3O2S. The van der Waals surface area contributed by atoms with E-state index in [-0.39, 0.29) is 0 Å². The highest BCUT2D eigenvalue weighted by Gasteiger charge is 2.12. The normalized spacial score (nSPS) is 10.9. The molecule has 2 aromatic carbocycles. The molecule has 2 heterocycles. The Labute approximate surface area is 168 Å². The quantitative estimate of drug-likeness (QED) is 0.421. The fraction of sp³-hybridized carbons (Fsp3) is 0.227. The minimum absolute atomic E-state index is 0.530. The molecule has 142 valence electrons. The Balaban J connectivity index is 1.46. The van der Waals surface area contributed by atoms with Crippen molar-refractivity contribution in [2.75, 3.05) is 6.61 Å². The number of aryl methyl sites for hydroxylation is 1. The van der Waals surface area contributed by atoms with Crippen LogP contribution in [0.15, 0.2) is 58.4 Å². The van der Waals surface area contributed by atoms with Crippen molar-refractivity contribution >= 4 is 11.3 Å². The van der Waals surface area contributed by atoms with Crippen molar-refractivity contribution < 1.29 is 9.26 Å². The molecule has 0 fully saturated rings. The molecule has 0 amide bonds. The van der Waals surface area contributed by atoms with Crippen LogP contribution in [0.3, 0.4) is 0 Å².